The highest BCUT2D eigenvalue weighted by molar-refractivity contribution is 9.09. The minimum absolute atomic E-state index is 0.0797. The van der Waals surface area contributed by atoms with Crippen LogP contribution in [0.4, 0.5) is 13.2 Å². The molecule has 14 heavy (non-hydrogen) atoms. The summed E-state index contributed by atoms with van der Waals surface area (Å²) in [6, 6.07) is -1.08. The van der Waals surface area contributed by atoms with Crippen LogP contribution in [0.1, 0.15) is 13.3 Å². The molecule has 0 spiro atoms. The maximum absolute atomic E-state index is 11.8. The lowest BCUT2D eigenvalue weighted by atomic mass is 10.1. The van der Waals surface area contributed by atoms with E-state index in [-0.39, 0.29) is 11.8 Å². The summed E-state index contributed by atoms with van der Waals surface area (Å²) in [5.41, 5.74) is 0. The van der Waals surface area contributed by atoms with Crippen LogP contribution in [0.15, 0.2) is 0 Å². The van der Waals surface area contributed by atoms with Gasteiger partial charge in [-0.1, -0.05) is 22.9 Å². The number of Topliss-reactive ketones (excluding diaryl/α,β-unsaturated/α-hetero) is 1. The molecule has 0 aromatic heterocycles. The highest BCUT2D eigenvalue weighted by Gasteiger charge is 2.40. The monoisotopic (exact) mass is 275 g/mol. The van der Waals surface area contributed by atoms with Crippen LogP contribution in [0.25, 0.3) is 0 Å². The molecule has 7 heteroatoms. The van der Waals surface area contributed by atoms with E-state index >= 15 is 0 Å². The molecule has 0 aliphatic heterocycles. The Labute approximate surface area is 87.2 Å². The Morgan fingerprint density at radius 3 is 2.21 bits per heavy atom. The smallest absolute Gasteiger partial charge is 0.338 e. The molecule has 1 amide bonds. The van der Waals surface area contributed by atoms with E-state index in [2.05, 4.69) is 15.9 Å². The summed E-state index contributed by atoms with van der Waals surface area (Å²) in [7, 11) is 0. The van der Waals surface area contributed by atoms with Crippen LogP contribution in [0, 0.1) is 0 Å². The summed E-state index contributed by atoms with van der Waals surface area (Å²) in [6.07, 6.45) is -4.81. The van der Waals surface area contributed by atoms with Gasteiger partial charge >= 0.3 is 12.1 Å². The van der Waals surface area contributed by atoms with Gasteiger partial charge in [0, 0.05) is 0 Å². The molecule has 1 unspecified atom stereocenters. The normalized spacial score (nSPS) is 13.5. The number of amides is 1. The maximum Gasteiger partial charge on any atom is 0.471 e. The van der Waals surface area contributed by atoms with Gasteiger partial charge in [-0.25, -0.2) is 0 Å². The maximum atomic E-state index is 11.8. The van der Waals surface area contributed by atoms with E-state index in [1.165, 1.54) is 6.92 Å². The molecule has 1 N–H and O–H groups in total. The summed E-state index contributed by atoms with van der Waals surface area (Å²) in [4.78, 5) is 21.4. The first-order valence-corrected chi connectivity index (χ1v) is 4.91. The third kappa shape index (κ3) is 4.08. The Morgan fingerprint density at radius 1 is 1.43 bits per heavy atom. The number of rotatable bonds is 4. The first kappa shape index (κ1) is 13.4. The predicted octanol–water partition coefficient (Wildman–Crippen LogP) is 1.41. The van der Waals surface area contributed by atoms with E-state index in [1.807, 2.05) is 0 Å². The molecule has 0 aromatic carbocycles. The van der Waals surface area contributed by atoms with Crippen molar-refractivity contribution in [3.05, 3.63) is 0 Å². The molecule has 0 aromatic rings. The van der Waals surface area contributed by atoms with Crippen molar-refractivity contribution in [1.29, 1.82) is 0 Å². The molecule has 0 bridgehead atoms. The van der Waals surface area contributed by atoms with E-state index in [0.717, 1.165) is 0 Å². The minimum Gasteiger partial charge on any atom is -0.338 e. The highest BCUT2D eigenvalue weighted by atomic mass is 79.9. The Kier molecular flexibility index (Phi) is 5.11. The fourth-order valence-corrected chi connectivity index (χ4v) is 1.13. The number of carbonyl (C=O) groups is 2. The van der Waals surface area contributed by atoms with Crippen molar-refractivity contribution in [2.75, 3.05) is 5.33 Å². The summed E-state index contributed by atoms with van der Waals surface area (Å²) in [6.45, 7) is 1.52. The van der Waals surface area contributed by atoms with Crippen LogP contribution < -0.4 is 5.32 Å². The average Bonchev–Trinajstić information content (AvgIpc) is 2.10. The SMILES string of the molecule is CCC(NC(=O)C(F)(F)F)C(=O)CBr. The zero-order valence-electron chi connectivity index (χ0n) is 7.32. The first-order chi connectivity index (χ1) is 6.32. The van der Waals surface area contributed by atoms with Gasteiger partial charge in [0.25, 0.3) is 0 Å². The van der Waals surface area contributed by atoms with Crippen molar-refractivity contribution in [2.24, 2.45) is 0 Å². The fraction of sp³-hybridized carbons (Fsp3) is 0.714. The zero-order valence-corrected chi connectivity index (χ0v) is 8.91. The van der Waals surface area contributed by atoms with Gasteiger partial charge in [0.15, 0.2) is 5.78 Å². The van der Waals surface area contributed by atoms with E-state index in [0.29, 0.717) is 0 Å². The Morgan fingerprint density at radius 2 is 1.93 bits per heavy atom. The van der Waals surface area contributed by atoms with Crippen LogP contribution in [0.3, 0.4) is 0 Å². The van der Waals surface area contributed by atoms with Crippen molar-refractivity contribution < 1.29 is 22.8 Å². The Balaban J connectivity index is 4.34. The van der Waals surface area contributed by atoms with Crippen LogP contribution >= 0.6 is 15.9 Å². The second kappa shape index (κ2) is 5.33. The van der Waals surface area contributed by atoms with Crippen LogP contribution in [-0.2, 0) is 9.59 Å². The van der Waals surface area contributed by atoms with Crippen LogP contribution in [0.5, 0.6) is 0 Å². The van der Waals surface area contributed by atoms with Gasteiger partial charge in [-0.05, 0) is 6.42 Å². The molecule has 0 saturated heterocycles. The molecule has 82 valence electrons. The Bertz CT molecular complexity index is 229. The third-order valence-electron chi connectivity index (χ3n) is 1.49. The second-order valence-corrected chi connectivity index (χ2v) is 3.09. The largest absolute Gasteiger partial charge is 0.471 e. The molecule has 0 rings (SSSR count). The minimum atomic E-state index is -4.94. The van der Waals surface area contributed by atoms with Gasteiger partial charge in [-0.3, -0.25) is 9.59 Å². The molecule has 0 heterocycles. The molecule has 0 aliphatic rings. The molecule has 0 saturated carbocycles. The van der Waals surface area contributed by atoms with Crippen molar-refractivity contribution in [3.8, 4) is 0 Å². The van der Waals surface area contributed by atoms with Crippen molar-refractivity contribution in [1.82, 2.24) is 5.32 Å². The molecule has 1 atom stereocenters. The van der Waals surface area contributed by atoms with Crippen LogP contribution in [-0.4, -0.2) is 29.2 Å². The number of carbonyl (C=O) groups excluding carboxylic acids is 2. The lowest BCUT2D eigenvalue weighted by Gasteiger charge is -2.15. The topological polar surface area (TPSA) is 46.2 Å². The van der Waals surface area contributed by atoms with Crippen molar-refractivity contribution in [2.45, 2.75) is 25.6 Å². The molecular weight excluding hydrogens is 267 g/mol. The molecule has 0 radical (unpaired) electrons. The number of halogens is 4. The second-order valence-electron chi connectivity index (χ2n) is 2.53. The van der Waals surface area contributed by atoms with E-state index in [9.17, 15) is 22.8 Å². The van der Waals surface area contributed by atoms with Gasteiger partial charge in [0.05, 0.1) is 11.4 Å². The third-order valence-corrected chi connectivity index (χ3v) is 2.04. The summed E-state index contributed by atoms with van der Waals surface area (Å²) in [5, 5.41) is 1.53. The zero-order chi connectivity index (χ0) is 11.4. The van der Waals surface area contributed by atoms with Gasteiger partial charge in [-0.15, -0.1) is 0 Å². The van der Waals surface area contributed by atoms with E-state index in [4.69, 9.17) is 0 Å². The first-order valence-electron chi connectivity index (χ1n) is 3.79. The lowest BCUT2D eigenvalue weighted by Crippen LogP contribution is -2.46. The molecular formula is C7H9BrF3NO2. The van der Waals surface area contributed by atoms with Gasteiger partial charge in [-0.2, -0.15) is 13.2 Å². The summed E-state index contributed by atoms with van der Waals surface area (Å²) >= 11 is 2.81. The number of hydrogen-bond acceptors (Lipinski definition) is 2. The fourth-order valence-electron chi connectivity index (χ4n) is 0.743. The lowest BCUT2D eigenvalue weighted by molar-refractivity contribution is -0.174. The molecule has 0 fully saturated rings. The molecule has 3 nitrogen and oxygen atoms in total. The van der Waals surface area contributed by atoms with Gasteiger partial charge < -0.3 is 5.32 Å². The number of hydrogen-bond donors (Lipinski definition) is 1. The van der Waals surface area contributed by atoms with E-state index in [1.54, 1.807) is 5.32 Å². The quantitative estimate of drug-likeness (QED) is 0.789. The standard InChI is InChI=1S/C7H9BrF3NO2/c1-2-4(5(13)3-8)12-6(14)7(9,10)11/h4H,2-3H2,1H3,(H,12,14). The van der Waals surface area contributed by atoms with Gasteiger partial charge in [0.2, 0.25) is 0 Å². The number of ketones is 1. The Hall–Kier alpha value is -0.590. The van der Waals surface area contributed by atoms with Crippen molar-refractivity contribution >= 4 is 27.6 Å². The van der Waals surface area contributed by atoms with Crippen molar-refractivity contribution in [3.63, 3.8) is 0 Å². The van der Waals surface area contributed by atoms with E-state index < -0.39 is 23.9 Å². The average molecular weight is 276 g/mol. The number of nitrogens with one attached hydrogen (secondary N) is 1. The van der Waals surface area contributed by atoms with Crippen LogP contribution in [0.2, 0.25) is 0 Å². The van der Waals surface area contributed by atoms with Gasteiger partial charge in [0.1, 0.15) is 0 Å². The number of alkyl halides is 4. The predicted molar refractivity (Wildman–Crippen MR) is 47.1 cm³/mol. The summed E-state index contributed by atoms with van der Waals surface area (Å²) in [5.74, 6) is -2.57. The highest BCUT2D eigenvalue weighted by Crippen LogP contribution is 2.15. The molecule has 0 aliphatic carbocycles. The summed E-state index contributed by atoms with van der Waals surface area (Å²) < 4.78 is 35.3.